The molecule has 0 saturated heterocycles. The van der Waals surface area contributed by atoms with Crippen LogP contribution >= 0.6 is 0 Å². The third-order valence-corrected chi connectivity index (χ3v) is 6.22. The number of para-hydroxylation sites is 1. The number of nitro groups is 1. The monoisotopic (exact) mass is 539 g/mol. The number of carbonyl (C=O) groups excluding carboxylic acids is 4. The first-order valence-corrected chi connectivity index (χ1v) is 12.7. The molecule has 2 atom stereocenters. The van der Waals surface area contributed by atoms with Crippen molar-refractivity contribution in [3.05, 3.63) is 69.3 Å². The van der Waals surface area contributed by atoms with Crippen LogP contribution in [0.3, 0.4) is 0 Å². The summed E-state index contributed by atoms with van der Waals surface area (Å²) < 4.78 is 10.5. The molecule has 1 aliphatic heterocycles. The van der Waals surface area contributed by atoms with Gasteiger partial charge in [0, 0.05) is 17.0 Å². The number of benzene rings is 2. The van der Waals surface area contributed by atoms with Gasteiger partial charge in [0.15, 0.2) is 0 Å². The van der Waals surface area contributed by atoms with E-state index in [0.29, 0.717) is 22.4 Å². The van der Waals surface area contributed by atoms with Crippen molar-refractivity contribution in [2.75, 3.05) is 23.4 Å². The molecular formula is C28H33N3O8. The van der Waals surface area contributed by atoms with Crippen LogP contribution in [0.25, 0.3) is 0 Å². The molecule has 0 saturated carbocycles. The van der Waals surface area contributed by atoms with E-state index < -0.39 is 52.8 Å². The van der Waals surface area contributed by atoms with Gasteiger partial charge in [0.05, 0.1) is 29.7 Å². The Balaban J connectivity index is 2.01. The fourth-order valence-electron chi connectivity index (χ4n) is 4.56. The van der Waals surface area contributed by atoms with E-state index in [0.717, 1.165) is 4.90 Å². The number of nitrogens with zero attached hydrogens (tertiary/aromatic N) is 2. The van der Waals surface area contributed by atoms with Gasteiger partial charge in [-0.3, -0.25) is 19.7 Å². The molecular weight excluding hydrogens is 506 g/mol. The van der Waals surface area contributed by atoms with Crippen LogP contribution in [0.1, 0.15) is 67.9 Å². The quantitative estimate of drug-likeness (QED) is 0.312. The highest BCUT2D eigenvalue weighted by Gasteiger charge is 2.41. The first-order valence-electron chi connectivity index (χ1n) is 12.7. The molecule has 0 fully saturated rings. The van der Waals surface area contributed by atoms with Crippen molar-refractivity contribution in [3.63, 3.8) is 0 Å². The number of imide groups is 1. The van der Waals surface area contributed by atoms with E-state index in [9.17, 15) is 29.3 Å². The Morgan fingerprint density at radius 2 is 1.79 bits per heavy atom. The van der Waals surface area contributed by atoms with Gasteiger partial charge >= 0.3 is 12.1 Å². The third-order valence-electron chi connectivity index (χ3n) is 6.22. The number of hydrogen-bond acceptors (Lipinski definition) is 8. The fraction of sp³-hybridized carbons (Fsp3) is 0.429. The SMILES string of the molecule is CCOC(=O)c1ccc(NC(=O)[C@H]2CCC(=O)N(C(=O)OC(C)(C)C)c3c(C)cccc3[C@@H]2C[N+](=O)[O-])cc1. The molecule has 0 aliphatic carbocycles. The van der Waals surface area contributed by atoms with Crippen LogP contribution in [0.5, 0.6) is 0 Å². The van der Waals surface area contributed by atoms with Gasteiger partial charge in [0.1, 0.15) is 5.60 Å². The summed E-state index contributed by atoms with van der Waals surface area (Å²) in [5.41, 5.74) is 0.873. The summed E-state index contributed by atoms with van der Waals surface area (Å²) in [4.78, 5) is 64.1. The molecule has 0 bridgehead atoms. The van der Waals surface area contributed by atoms with Crippen molar-refractivity contribution in [1.82, 2.24) is 0 Å². The van der Waals surface area contributed by atoms with E-state index in [1.807, 2.05) is 0 Å². The third kappa shape index (κ3) is 7.18. The van der Waals surface area contributed by atoms with Gasteiger partial charge in [0.25, 0.3) is 0 Å². The van der Waals surface area contributed by atoms with Crippen LogP contribution in [0, 0.1) is 23.0 Å². The highest BCUT2D eigenvalue weighted by molar-refractivity contribution is 6.14. The lowest BCUT2D eigenvalue weighted by atomic mass is 9.79. The van der Waals surface area contributed by atoms with Gasteiger partial charge in [-0.25, -0.2) is 14.5 Å². The molecule has 1 N–H and O–H groups in total. The van der Waals surface area contributed by atoms with Crippen molar-refractivity contribution < 1.29 is 33.6 Å². The van der Waals surface area contributed by atoms with Crippen LogP contribution in [-0.4, -0.2) is 47.6 Å². The average Bonchev–Trinajstić information content (AvgIpc) is 2.83. The maximum Gasteiger partial charge on any atom is 0.421 e. The number of aryl methyl sites for hydroxylation is 1. The summed E-state index contributed by atoms with van der Waals surface area (Å²) in [5.74, 6) is -3.48. The summed E-state index contributed by atoms with van der Waals surface area (Å²) >= 11 is 0. The maximum absolute atomic E-state index is 13.5. The molecule has 2 aromatic carbocycles. The summed E-state index contributed by atoms with van der Waals surface area (Å²) in [5, 5.41) is 14.5. The zero-order chi connectivity index (χ0) is 28.9. The second-order valence-corrected chi connectivity index (χ2v) is 10.3. The minimum absolute atomic E-state index is 0.0310. The van der Waals surface area contributed by atoms with Crippen LogP contribution in [-0.2, 0) is 19.1 Å². The van der Waals surface area contributed by atoms with Gasteiger partial charge in [0.2, 0.25) is 18.4 Å². The van der Waals surface area contributed by atoms with Gasteiger partial charge in [-0.05, 0) is 76.4 Å². The predicted molar refractivity (Wildman–Crippen MR) is 143 cm³/mol. The summed E-state index contributed by atoms with van der Waals surface area (Å²) in [7, 11) is 0. The van der Waals surface area contributed by atoms with Crippen molar-refractivity contribution in [2.24, 2.45) is 5.92 Å². The molecule has 0 radical (unpaired) electrons. The van der Waals surface area contributed by atoms with E-state index in [1.54, 1.807) is 52.8 Å². The normalized spacial score (nSPS) is 17.4. The Labute approximate surface area is 226 Å². The Bertz CT molecular complexity index is 1270. The van der Waals surface area contributed by atoms with Crippen molar-refractivity contribution in [3.8, 4) is 0 Å². The minimum atomic E-state index is -0.953. The highest BCUT2D eigenvalue weighted by Crippen LogP contribution is 2.40. The number of esters is 1. The Kier molecular flexibility index (Phi) is 9.05. The van der Waals surface area contributed by atoms with Gasteiger partial charge in [-0.15, -0.1) is 0 Å². The number of amides is 3. The molecule has 2 aromatic rings. The summed E-state index contributed by atoms with van der Waals surface area (Å²) in [6.45, 7) is 8.04. The molecule has 39 heavy (non-hydrogen) atoms. The van der Waals surface area contributed by atoms with Crippen molar-refractivity contribution in [1.29, 1.82) is 0 Å². The van der Waals surface area contributed by atoms with Crippen molar-refractivity contribution >= 4 is 35.3 Å². The van der Waals surface area contributed by atoms with E-state index in [-0.39, 0.29) is 25.1 Å². The van der Waals surface area contributed by atoms with Crippen LogP contribution < -0.4 is 10.2 Å². The molecule has 208 valence electrons. The lowest BCUT2D eigenvalue weighted by Gasteiger charge is -2.34. The number of fused-ring (bicyclic) bond motifs is 1. The standard InChI is InChI=1S/C28H33N3O8/c1-6-38-26(34)18-10-12-19(13-11-18)29-25(33)21-14-15-23(32)31(27(35)39-28(3,4)5)24-17(2)8-7-9-20(24)22(21)16-30(36)37/h7-13,21-22H,6,14-16H2,1-5H3,(H,29,33)/t21-,22-/m0/s1. The second kappa shape index (κ2) is 12.1. The molecule has 3 rings (SSSR count). The summed E-state index contributed by atoms with van der Waals surface area (Å²) in [6, 6.07) is 11.0. The van der Waals surface area contributed by atoms with Gasteiger partial charge in [-0.2, -0.15) is 0 Å². The fourth-order valence-corrected chi connectivity index (χ4v) is 4.56. The predicted octanol–water partition coefficient (Wildman–Crippen LogP) is 4.85. The van der Waals surface area contributed by atoms with Crippen LogP contribution in [0.15, 0.2) is 42.5 Å². The lowest BCUT2D eigenvalue weighted by Crippen LogP contribution is -2.44. The average molecular weight is 540 g/mol. The first kappa shape index (κ1) is 29.3. The minimum Gasteiger partial charge on any atom is -0.462 e. The Hall–Kier alpha value is -4.28. The molecule has 1 heterocycles. The molecule has 1 aliphatic rings. The molecule has 3 amide bonds. The smallest absolute Gasteiger partial charge is 0.421 e. The molecule has 0 aromatic heterocycles. The lowest BCUT2D eigenvalue weighted by molar-refractivity contribution is -0.484. The van der Waals surface area contributed by atoms with Gasteiger partial charge in [-0.1, -0.05) is 18.2 Å². The number of ether oxygens (including phenoxy) is 2. The van der Waals surface area contributed by atoms with E-state index >= 15 is 0 Å². The topological polar surface area (TPSA) is 145 Å². The zero-order valence-electron chi connectivity index (χ0n) is 22.7. The van der Waals surface area contributed by atoms with Crippen LogP contribution in [0.2, 0.25) is 0 Å². The number of carbonyl (C=O) groups is 4. The largest absolute Gasteiger partial charge is 0.462 e. The maximum atomic E-state index is 13.5. The van der Waals surface area contributed by atoms with Gasteiger partial charge < -0.3 is 14.8 Å². The molecule has 11 nitrogen and oxygen atoms in total. The van der Waals surface area contributed by atoms with E-state index in [1.165, 1.54) is 24.3 Å². The van der Waals surface area contributed by atoms with E-state index in [2.05, 4.69) is 5.32 Å². The summed E-state index contributed by atoms with van der Waals surface area (Å²) in [6.07, 6.45) is -1.12. The number of rotatable bonds is 6. The molecule has 0 spiro atoms. The second-order valence-electron chi connectivity index (χ2n) is 10.3. The van der Waals surface area contributed by atoms with E-state index in [4.69, 9.17) is 9.47 Å². The number of anilines is 2. The Morgan fingerprint density at radius 1 is 1.13 bits per heavy atom. The molecule has 11 heteroatoms. The zero-order valence-corrected chi connectivity index (χ0v) is 22.7. The number of nitrogens with one attached hydrogen (secondary N) is 1. The van der Waals surface area contributed by atoms with Crippen molar-refractivity contribution in [2.45, 2.75) is 59.0 Å². The molecule has 0 unspecified atom stereocenters. The number of hydrogen-bond donors (Lipinski definition) is 1. The highest BCUT2D eigenvalue weighted by atomic mass is 16.6. The van der Waals surface area contributed by atoms with Crippen LogP contribution in [0.4, 0.5) is 16.2 Å². The first-order chi connectivity index (χ1) is 18.3. The Morgan fingerprint density at radius 3 is 2.38 bits per heavy atom.